The molecule has 1 aliphatic carbocycles. The third-order valence-corrected chi connectivity index (χ3v) is 7.82. The molecule has 0 fully saturated rings. The van der Waals surface area contributed by atoms with Crippen LogP contribution in [0.4, 0.5) is 17.1 Å². The molecule has 1 heterocycles. The van der Waals surface area contributed by atoms with Crippen LogP contribution >= 0.6 is 0 Å². The average Bonchev–Trinajstić information content (AvgIpc) is 2.99. The van der Waals surface area contributed by atoms with Crippen LogP contribution in [0.15, 0.2) is 127 Å². The van der Waals surface area contributed by atoms with E-state index in [2.05, 4.69) is 120 Å². The van der Waals surface area contributed by atoms with E-state index in [1.807, 2.05) is 12.1 Å². The maximum absolute atomic E-state index is 6.33. The summed E-state index contributed by atoms with van der Waals surface area (Å²) in [4.78, 5) is 2.37. The Morgan fingerprint density at radius 2 is 1.16 bits per heavy atom. The number of allylic oxidation sites excluding steroid dienone is 4. The quantitative estimate of drug-likeness (QED) is 0.225. The highest BCUT2D eigenvalue weighted by atomic mass is 16.5. The van der Waals surface area contributed by atoms with Gasteiger partial charge in [-0.1, -0.05) is 91.0 Å². The minimum absolute atomic E-state index is 0.868. The van der Waals surface area contributed by atoms with Crippen molar-refractivity contribution in [2.45, 2.75) is 12.8 Å². The summed E-state index contributed by atoms with van der Waals surface area (Å²) in [7, 11) is 0. The van der Waals surface area contributed by atoms with Crippen LogP contribution < -0.4 is 9.64 Å². The highest BCUT2D eigenvalue weighted by Crippen LogP contribution is 2.52. The van der Waals surface area contributed by atoms with Gasteiger partial charge in [-0.15, -0.1) is 0 Å². The molecule has 180 valence electrons. The molecule has 8 rings (SSSR count). The molecule has 6 aromatic carbocycles. The summed E-state index contributed by atoms with van der Waals surface area (Å²) in [5.74, 6) is 1.74. The van der Waals surface area contributed by atoms with Crippen molar-refractivity contribution in [3.05, 3.63) is 133 Å². The lowest BCUT2D eigenvalue weighted by molar-refractivity contribution is 0.477. The van der Waals surface area contributed by atoms with Crippen LogP contribution in [0.1, 0.15) is 18.4 Å². The van der Waals surface area contributed by atoms with E-state index in [1.54, 1.807) is 0 Å². The van der Waals surface area contributed by atoms with Gasteiger partial charge in [0, 0.05) is 5.39 Å². The van der Waals surface area contributed by atoms with Crippen molar-refractivity contribution < 1.29 is 4.74 Å². The second kappa shape index (κ2) is 8.36. The van der Waals surface area contributed by atoms with Crippen LogP contribution in [-0.4, -0.2) is 0 Å². The fourth-order valence-corrected chi connectivity index (χ4v) is 6.16. The Balaban J connectivity index is 1.51. The van der Waals surface area contributed by atoms with Gasteiger partial charge in [0.15, 0.2) is 11.5 Å². The standard InChI is InChI=1S/C36H25NO/c1-2-12-24(13-3-1)30-22-25-23-33(27-15-5-7-17-29(27)36(25)28-16-6-4-14-26(28)30)37-31-18-8-10-20-34(31)38-35-21-11-9-19-32(35)37/h2,4-23H,1,3H2. The molecule has 0 amide bonds. The van der Waals surface area contributed by atoms with Crippen molar-refractivity contribution in [2.75, 3.05) is 4.90 Å². The molecule has 2 heteroatoms. The topological polar surface area (TPSA) is 12.5 Å². The molecule has 6 aromatic rings. The van der Waals surface area contributed by atoms with Crippen LogP contribution in [-0.2, 0) is 0 Å². The van der Waals surface area contributed by atoms with Crippen molar-refractivity contribution >= 4 is 55.0 Å². The zero-order chi connectivity index (χ0) is 25.1. The van der Waals surface area contributed by atoms with E-state index in [1.165, 1.54) is 43.5 Å². The minimum atomic E-state index is 0.868. The predicted molar refractivity (Wildman–Crippen MR) is 160 cm³/mol. The number of benzene rings is 6. The second-order valence-corrected chi connectivity index (χ2v) is 10.0. The summed E-state index contributed by atoms with van der Waals surface area (Å²) in [6.45, 7) is 0. The van der Waals surface area contributed by atoms with E-state index in [0.29, 0.717) is 0 Å². The summed E-state index contributed by atoms with van der Waals surface area (Å²) in [6, 6.07) is 39.1. The van der Waals surface area contributed by atoms with E-state index in [4.69, 9.17) is 4.74 Å². The van der Waals surface area contributed by atoms with Gasteiger partial charge in [-0.2, -0.15) is 0 Å². The Morgan fingerprint density at radius 1 is 0.553 bits per heavy atom. The monoisotopic (exact) mass is 487 g/mol. The normalized spacial score (nSPS) is 14.3. The molecule has 2 nitrogen and oxygen atoms in total. The SMILES string of the molecule is C1=CC(c2cc3cc(N4c5ccccc5Oc5ccccc54)c4ccccc4c3c3ccccc23)=CCC1. The number of rotatable bonds is 2. The van der Waals surface area contributed by atoms with Gasteiger partial charge in [-0.25, -0.2) is 0 Å². The molecule has 0 radical (unpaired) electrons. The molecule has 0 N–H and O–H groups in total. The zero-order valence-electron chi connectivity index (χ0n) is 20.9. The number of fused-ring (bicyclic) bond motifs is 7. The molecule has 0 aromatic heterocycles. The summed E-state index contributed by atoms with van der Waals surface area (Å²) < 4.78 is 6.33. The fourth-order valence-electron chi connectivity index (χ4n) is 6.16. The maximum atomic E-state index is 6.33. The van der Waals surface area contributed by atoms with Crippen LogP contribution in [0.2, 0.25) is 0 Å². The molecule has 0 saturated carbocycles. The number of anilines is 3. The van der Waals surface area contributed by atoms with Crippen molar-refractivity contribution in [1.29, 1.82) is 0 Å². The molecule has 0 atom stereocenters. The van der Waals surface area contributed by atoms with Crippen LogP contribution in [0, 0.1) is 0 Å². The molecule has 0 saturated heterocycles. The van der Waals surface area contributed by atoms with Crippen molar-refractivity contribution in [3.8, 4) is 11.5 Å². The Labute approximate surface area is 221 Å². The molecule has 0 unspecified atom stereocenters. The summed E-state index contributed by atoms with van der Waals surface area (Å²) >= 11 is 0. The first-order valence-corrected chi connectivity index (χ1v) is 13.3. The lowest BCUT2D eigenvalue weighted by Gasteiger charge is -2.34. The van der Waals surface area contributed by atoms with E-state index in [9.17, 15) is 0 Å². The first-order valence-electron chi connectivity index (χ1n) is 13.3. The van der Waals surface area contributed by atoms with Crippen LogP contribution in [0.25, 0.3) is 37.9 Å². The second-order valence-electron chi connectivity index (χ2n) is 10.0. The molecular formula is C36H25NO. The Morgan fingerprint density at radius 3 is 1.84 bits per heavy atom. The molecule has 0 bridgehead atoms. The molecule has 2 aliphatic rings. The first-order chi connectivity index (χ1) is 18.9. The van der Waals surface area contributed by atoms with E-state index in [0.717, 1.165) is 41.4 Å². The van der Waals surface area contributed by atoms with Crippen molar-refractivity contribution in [3.63, 3.8) is 0 Å². The van der Waals surface area contributed by atoms with Crippen LogP contribution in [0.3, 0.4) is 0 Å². The first kappa shape index (κ1) is 21.3. The number of hydrogen-bond acceptors (Lipinski definition) is 2. The van der Waals surface area contributed by atoms with Gasteiger partial charge in [-0.05, 0) is 87.3 Å². The van der Waals surface area contributed by atoms with Crippen molar-refractivity contribution in [2.24, 2.45) is 0 Å². The lowest BCUT2D eigenvalue weighted by atomic mass is 9.88. The summed E-state index contributed by atoms with van der Waals surface area (Å²) in [5.41, 5.74) is 5.87. The Kier molecular flexibility index (Phi) is 4.68. The Hall–Kier alpha value is -4.82. The van der Waals surface area contributed by atoms with Gasteiger partial charge in [0.2, 0.25) is 0 Å². The number of ether oxygens (including phenoxy) is 1. The third kappa shape index (κ3) is 3.13. The smallest absolute Gasteiger partial charge is 0.151 e. The number of hydrogen-bond donors (Lipinski definition) is 0. The minimum Gasteiger partial charge on any atom is -0.453 e. The average molecular weight is 488 g/mol. The van der Waals surface area contributed by atoms with Crippen LogP contribution in [0.5, 0.6) is 11.5 Å². The Bertz CT molecular complexity index is 1920. The summed E-state index contributed by atoms with van der Waals surface area (Å²) in [5, 5.41) is 7.63. The molecular weight excluding hydrogens is 462 g/mol. The third-order valence-electron chi connectivity index (χ3n) is 7.82. The van der Waals surface area contributed by atoms with Crippen molar-refractivity contribution in [1.82, 2.24) is 0 Å². The molecule has 1 aliphatic heterocycles. The van der Waals surface area contributed by atoms with Gasteiger partial charge in [0.05, 0.1) is 17.1 Å². The van der Waals surface area contributed by atoms with Gasteiger partial charge < -0.3 is 9.64 Å². The van der Waals surface area contributed by atoms with Gasteiger partial charge >= 0.3 is 0 Å². The molecule has 0 spiro atoms. The summed E-state index contributed by atoms with van der Waals surface area (Å²) in [6.07, 6.45) is 9.15. The highest BCUT2D eigenvalue weighted by molar-refractivity contribution is 6.25. The largest absolute Gasteiger partial charge is 0.453 e. The van der Waals surface area contributed by atoms with Gasteiger partial charge in [0.1, 0.15) is 0 Å². The number of para-hydroxylation sites is 4. The molecule has 38 heavy (non-hydrogen) atoms. The van der Waals surface area contributed by atoms with E-state index < -0.39 is 0 Å². The van der Waals surface area contributed by atoms with Gasteiger partial charge in [-0.3, -0.25) is 0 Å². The fraction of sp³-hybridized carbons (Fsp3) is 0.0556. The highest BCUT2D eigenvalue weighted by Gasteiger charge is 2.27. The van der Waals surface area contributed by atoms with E-state index in [-0.39, 0.29) is 0 Å². The van der Waals surface area contributed by atoms with Gasteiger partial charge in [0.25, 0.3) is 0 Å². The zero-order valence-corrected chi connectivity index (χ0v) is 20.9. The van der Waals surface area contributed by atoms with E-state index >= 15 is 0 Å². The number of nitrogens with zero attached hydrogens (tertiary/aromatic N) is 1. The maximum Gasteiger partial charge on any atom is 0.151 e. The predicted octanol–water partition coefficient (Wildman–Crippen LogP) is 10.5. The lowest BCUT2D eigenvalue weighted by Crippen LogP contribution is -2.16.